The van der Waals surface area contributed by atoms with E-state index in [1.165, 1.54) is 12.8 Å². The number of rotatable bonds is 4. The van der Waals surface area contributed by atoms with Gasteiger partial charge in [0.15, 0.2) is 0 Å². The predicted molar refractivity (Wildman–Crippen MR) is 82.7 cm³/mol. The van der Waals surface area contributed by atoms with Crippen LogP contribution in [-0.4, -0.2) is 22.0 Å². The summed E-state index contributed by atoms with van der Waals surface area (Å²) in [6.07, 6.45) is 2.35. The first-order chi connectivity index (χ1) is 9.54. The second kappa shape index (κ2) is 5.30. The molecular formula is C14H17ClN4S. The molecule has 2 heterocycles. The van der Waals surface area contributed by atoms with Crippen LogP contribution in [0.25, 0.3) is 0 Å². The molecule has 0 amide bonds. The third-order valence-corrected chi connectivity index (χ3v) is 4.64. The van der Waals surface area contributed by atoms with Gasteiger partial charge in [-0.25, -0.2) is 15.0 Å². The Kier molecular flexibility index (Phi) is 3.65. The molecule has 1 fully saturated rings. The number of thiazole rings is 1. The monoisotopic (exact) mass is 308 g/mol. The summed E-state index contributed by atoms with van der Waals surface area (Å²) in [5, 5.41) is 3.74. The van der Waals surface area contributed by atoms with Gasteiger partial charge in [-0.2, -0.15) is 0 Å². The molecule has 1 aliphatic rings. The normalized spacial score (nSPS) is 14.6. The molecule has 2 aromatic heterocycles. The second-order valence-corrected chi connectivity index (χ2v) is 6.73. The maximum Gasteiger partial charge on any atom is 0.137 e. The van der Waals surface area contributed by atoms with Gasteiger partial charge in [0.05, 0.1) is 17.2 Å². The van der Waals surface area contributed by atoms with E-state index >= 15 is 0 Å². The third-order valence-electron chi connectivity index (χ3n) is 3.45. The SMILES string of the molecule is Cc1nc(CN(C)c2nc(C3CC3)nc(Cl)c2C)cs1. The van der Waals surface area contributed by atoms with E-state index in [0.717, 1.165) is 34.5 Å². The summed E-state index contributed by atoms with van der Waals surface area (Å²) in [5.74, 6) is 2.30. The van der Waals surface area contributed by atoms with E-state index in [0.29, 0.717) is 11.1 Å². The number of hydrogen-bond acceptors (Lipinski definition) is 5. The number of nitrogens with zero attached hydrogens (tertiary/aromatic N) is 4. The minimum atomic E-state index is 0.502. The van der Waals surface area contributed by atoms with E-state index in [4.69, 9.17) is 16.6 Å². The van der Waals surface area contributed by atoms with E-state index in [1.54, 1.807) is 11.3 Å². The van der Waals surface area contributed by atoms with Crippen molar-refractivity contribution in [2.45, 2.75) is 39.2 Å². The standard InChI is InChI=1S/C14H17ClN4S/c1-8-12(15)17-13(10-4-5-10)18-14(8)19(3)6-11-7-20-9(2)16-11/h7,10H,4-6H2,1-3H3. The fraction of sp³-hybridized carbons (Fsp3) is 0.500. The molecule has 1 aliphatic carbocycles. The highest BCUT2D eigenvalue weighted by molar-refractivity contribution is 7.09. The smallest absolute Gasteiger partial charge is 0.137 e. The van der Waals surface area contributed by atoms with Crippen molar-refractivity contribution >= 4 is 28.8 Å². The maximum absolute atomic E-state index is 6.25. The zero-order valence-corrected chi connectivity index (χ0v) is 13.4. The van der Waals surface area contributed by atoms with Crippen LogP contribution in [0.4, 0.5) is 5.82 Å². The summed E-state index contributed by atoms with van der Waals surface area (Å²) in [4.78, 5) is 15.7. The largest absolute Gasteiger partial charge is 0.353 e. The van der Waals surface area contributed by atoms with Crippen LogP contribution < -0.4 is 4.90 Å². The van der Waals surface area contributed by atoms with Gasteiger partial charge in [-0.3, -0.25) is 0 Å². The van der Waals surface area contributed by atoms with Crippen molar-refractivity contribution in [3.05, 3.63) is 32.6 Å². The first-order valence-corrected chi connectivity index (χ1v) is 7.96. The van der Waals surface area contributed by atoms with Crippen molar-refractivity contribution < 1.29 is 0 Å². The van der Waals surface area contributed by atoms with Crippen LogP contribution in [0.3, 0.4) is 0 Å². The number of aromatic nitrogens is 3. The molecular weight excluding hydrogens is 292 g/mol. The van der Waals surface area contributed by atoms with E-state index in [1.807, 2.05) is 20.9 Å². The Hall–Kier alpha value is -1.20. The van der Waals surface area contributed by atoms with Gasteiger partial charge in [0.1, 0.15) is 16.8 Å². The van der Waals surface area contributed by atoms with Gasteiger partial charge in [-0.05, 0) is 26.7 Å². The van der Waals surface area contributed by atoms with Crippen molar-refractivity contribution in [1.29, 1.82) is 0 Å². The summed E-state index contributed by atoms with van der Waals surface area (Å²) < 4.78 is 0. The molecule has 0 aliphatic heterocycles. The molecule has 0 unspecified atom stereocenters. The van der Waals surface area contributed by atoms with Crippen LogP contribution in [0.1, 0.15) is 40.8 Å². The van der Waals surface area contributed by atoms with Crippen LogP contribution >= 0.6 is 22.9 Å². The van der Waals surface area contributed by atoms with Crippen LogP contribution in [-0.2, 0) is 6.54 Å². The van der Waals surface area contributed by atoms with Gasteiger partial charge >= 0.3 is 0 Å². The summed E-state index contributed by atoms with van der Waals surface area (Å²) in [7, 11) is 2.02. The Morgan fingerprint density at radius 1 is 1.30 bits per heavy atom. The molecule has 0 spiro atoms. The number of hydrogen-bond donors (Lipinski definition) is 0. The summed E-state index contributed by atoms with van der Waals surface area (Å²) in [6.45, 7) is 4.73. The van der Waals surface area contributed by atoms with Crippen molar-refractivity contribution in [2.24, 2.45) is 0 Å². The summed E-state index contributed by atoms with van der Waals surface area (Å²) in [5.41, 5.74) is 2.00. The second-order valence-electron chi connectivity index (χ2n) is 5.31. The average Bonchev–Trinajstić information content (AvgIpc) is 3.17. The Morgan fingerprint density at radius 2 is 2.05 bits per heavy atom. The minimum absolute atomic E-state index is 0.502. The third kappa shape index (κ3) is 2.79. The van der Waals surface area contributed by atoms with Crippen molar-refractivity contribution in [3.63, 3.8) is 0 Å². The van der Waals surface area contributed by atoms with Gasteiger partial charge in [-0.1, -0.05) is 11.6 Å². The highest BCUT2D eigenvalue weighted by Gasteiger charge is 2.28. The van der Waals surface area contributed by atoms with Gasteiger partial charge in [-0.15, -0.1) is 11.3 Å². The molecule has 0 N–H and O–H groups in total. The van der Waals surface area contributed by atoms with E-state index in [9.17, 15) is 0 Å². The summed E-state index contributed by atoms with van der Waals surface area (Å²) >= 11 is 7.92. The lowest BCUT2D eigenvalue weighted by atomic mass is 10.3. The first-order valence-electron chi connectivity index (χ1n) is 6.70. The lowest BCUT2D eigenvalue weighted by Gasteiger charge is -2.20. The maximum atomic E-state index is 6.25. The quantitative estimate of drug-likeness (QED) is 0.807. The van der Waals surface area contributed by atoms with E-state index in [-0.39, 0.29) is 0 Å². The minimum Gasteiger partial charge on any atom is -0.353 e. The Morgan fingerprint density at radius 3 is 2.65 bits per heavy atom. The highest BCUT2D eigenvalue weighted by Crippen LogP contribution is 2.39. The van der Waals surface area contributed by atoms with Crippen LogP contribution in [0.2, 0.25) is 5.15 Å². The zero-order valence-electron chi connectivity index (χ0n) is 11.9. The Bertz CT molecular complexity index is 636. The molecule has 0 radical (unpaired) electrons. The lowest BCUT2D eigenvalue weighted by Crippen LogP contribution is -2.20. The van der Waals surface area contributed by atoms with E-state index < -0.39 is 0 Å². The zero-order chi connectivity index (χ0) is 14.3. The molecule has 20 heavy (non-hydrogen) atoms. The molecule has 1 saturated carbocycles. The topological polar surface area (TPSA) is 41.9 Å². The van der Waals surface area contributed by atoms with Crippen LogP contribution in [0, 0.1) is 13.8 Å². The van der Waals surface area contributed by atoms with Crippen molar-refractivity contribution in [1.82, 2.24) is 15.0 Å². The van der Waals surface area contributed by atoms with Crippen molar-refractivity contribution in [2.75, 3.05) is 11.9 Å². The molecule has 3 rings (SSSR count). The van der Waals surface area contributed by atoms with Gasteiger partial charge in [0.2, 0.25) is 0 Å². The lowest BCUT2D eigenvalue weighted by molar-refractivity contribution is 0.831. The first kappa shape index (κ1) is 13.8. The highest BCUT2D eigenvalue weighted by atomic mass is 35.5. The number of aryl methyl sites for hydroxylation is 1. The average molecular weight is 309 g/mol. The molecule has 0 aromatic carbocycles. The van der Waals surface area contributed by atoms with Gasteiger partial charge in [0.25, 0.3) is 0 Å². The van der Waals surface area contributed by atoms with Gasteiger partial charge < -0.3 is 4.90 Å². The fourth-order valence-electron chi connectivity index (χ4n) is 2.19. The predicted octanol–water partition coefficient (Wildman–Crippen LogP) is 3.72. The van der Waals surface area contributed by atoms with Crippen LogP contribution in [0.15, 0.2) is 5.38 Å². The molecule has 0 bridgehead atoms. The molecule has 0 saturated heterocycles. The number of anilines is 1. The number of halogens is 1. The Balaban J connectivity index is 1.87. The molecule has 6 heteroatoms. The molecule has 2 aromatic rings. The molecule has 106 valence electrons. The summed E-state index contributed by atoms with van der Waals surface area (Å²) in [6, 6.07) is 0. The Labute approximate surface area is 127 Å². The molecule has 4 nitrogen and oxygen atoms in total. The molecule has 0 atom stereocenters. The van der Waals surface area contributed by atoms with E-state index in [2.05, 4.69) is 20.2 Å². The van der Waals surface area contributed by atoms with Gasteiger partial charge in [0, 0.05) is 23.9 Å². The van der Waals surface area contributed by atoms with Crippen molar-refractivity contribution in [3.8, 4) is 0 Å². The van der Waals surface area contributed by atoms with Crippen LogP contribution in [0.5, 0.6) is 0 Å². The fourth-order valence-corrected chi connectivity index (χ4v) is 2.96.